The molecule has 0 radical (unpaired) electrons. The molecule has 6 heteroatoms. The molecule has 1 saturated heterocycles. The molecule has 112 valence electrons. The van der Waals surface area contributed by atoms with Crippen LogP contribution in [0.25, 0.3) is 0 Å². The van der Waals surface area contributed by atoms with Gasteiger partial charge in [-0.1, -0.05) is 6.92 Å². The Kier molecular flexibility index (Phi) is 5.62. The van der Waals surface area contributed by atoms with Gasteiger partial charge in [0.2, 0.25) is 10.0 Å². The summed E-state index contributed by atoms with van der Waals surface area (Å²) in [5, 5.41) is 3.34. The van der Waals surface area contributed by atoms with E-state index in [1.54, 1.807) is 0 Å². The van der Waals surface area contributed by atoms with Crippen LogP contribution in [0.1, 0.15) is 39.0 Å². The number of hydrogen-bond acceptors (Lipinski definition) is 4. The van der Waals surface area contributed by atoms with Crippen LogP contribution in [0, 0.1) is 0 Å². The standard InChI is InChI=1S/C13H27N3O2S/c1-2-16-9-3-5-13(16)11-15-19(17,18)10-4-8-14-12-6-7-12/h12-15H,2-11H2,1H3. The largest absolute Gasteiger partial charge is 0.314 e. The maximum atomic E-state index is 11.9. The first-order valence-electron chi connectivity index (χ1n) is 7.55. The van der Waals surface area contributed by atoms with Crippen molar-refractivity contribution < 1.29 is 8.42 Å². The Morgan fingerprint density at radius 3 is 2.74 bits per heavy atom. The monoisotopic (exact) mass is 289 g/mol. The Hall–Kier alpha value is -0.170. The molecule has 5 nitrogen and oxygen atoms in total. The Morgan fingerprint density at radius 2 is 2.05 bits per heavy atom. The van der Waals surface area contributed by atoms with Gasteiger partial charge in [0.1, 0.15) is 0 Å². The quantitative estimate of drug-likeness (QED) is 0.608. The van der Waals surface area contributed by atoms with Gasteiger partial charge < -0.3 is 5.32 Å². The maximum Gasteiger partial charge on any atom is 0.211 e. The maximum absolute atomic E-state index is 11.9. The van der Waals surface area contributed by atoms with Gasteiger partial charge in [-0.2, -0.15) is 0 Å². The lowest BCUT2D eigenvalue weighted by atomic mass is 10.2. The van der Waals surface area contributed by atoms with E-state index in [9.17, 15) is 8.42 Å². The van der Waals surface area contributed by atoms with E-state index >= 15 is 0 Å². The molecule has 0 aromatic rings. The van der Waals surface area contributed by atoms with E-state index in [1.807, 2.05) is 0 Å². The highest BCUT2D eigenvalue weighted by Gasteiger charge is 2.24. The van der Waals surface area contributed by atoms with Crippen molar-refractivity contribution >= 4 is 10.0 Å². The van der Waals surface area contributed by atoms with Crippen molar-refractivity contribution in [2.24, 2.45) is 0 Å². The van der Waals surface area contributed by atoms with Crippen molar-refractivity contribution in [3.05, 3.63) is 0 Å². The third kappa shape index (κ3) is 5.38. The van der Waals surface area contributed by atoms with Gasteiger partial charge in [0.25, 0.3) is 0 Å². The van der Waals surface area contributed by atoms with Crippen molar-refractivity contribution in [3.63, 3.8) is 0 Å². The zero-order chi connectivity index (χ0) is 13.7. The molecule has 0 spiro atoms. The zero-order valence-electron chi connectivity index (χ0n) is 11.9. The predicted octanol–water partition coefficient (Wildman–Crippen LogP) is 0.532. The van der Waals surface area contributed by atoms with Gasteiger partial charge in [-0.15, -0.1) is 0 Å². The van der Waals surface area contributed by atoms with E-state index in [4.69, 9.17) is 0 Å². The predicted molar refractivity (Wildman–Crippen MR) is 77.7 cm³/mol. The Labute approximate surface area is 117 Å². The molecule has 19 heavy (non-hydrogen) atoms. The summed E-state index contributed by atoms with van der Waals surface area (Å²) in [6.45, 7) is 5.64. The molecule has 2 rings (SSSR count). The van der Waals surface area contributed by atoms with E-state index in [1.165, 1.54) is 19.3 Å². The Bertz CT molecular complexity index is 368. The molecule has 1 atom stereocenters. The van der Waals surface area contributed by atoms with E-state index in [-0.39, 0.29) is 5.75 Å². The van der Waals surface area contributed by atoms with Gasteiger partial charge in [0.05, 0.1) is 5.75 Å². The molecule has 2 fully saturated rings. The molecule has 2 aliphatic rings. The van der Waals surface area contributed by atoms with Crippen molar-refractivity contribution in [3.8, 4) is 0 Å². The molecule has 1 heterocycles. The number of likely N-dealkylation sites (N-methyl/N-ethyl adjacent to an activating group) is 1. The molecule has 0 amide bonds. The second-order valence-corrected chi connectivity index (χ2v) is 7.60. The van der Waals surface area contributed by atoms with Gasteiger partial charge in [-0.05, 0) is 51.7 Å². The lowest BCUT2D eigenvalue weighted by Gasteiger charge is -2.22. The highest BCUT2D eigenvalue weighted by Crippen LogP contribution is 2.18. The first kappa shape index (κ1) is 15.2. The molecule has 2 N–H and O–H groups in total. The van der Waals surface area contributed by atoms with Crippen LogP contribution in [0.15, 0.2) is 0 Å². The third-order valence-corrected chi connectivity index (χ3v) is 5.48. The summed E-state index contributed by atoms with van der Waals surface area (Å²) >= 11 is 0. The second-order valence-electron chi connectivity index (χ2n) is 5.67. The summed E-state index contributed by atoms with van der Waals surface area (Å²) in [5.41, 5.74) is 0. The third-order valence-electron chi connectivity index (χ3n) is 4.04. The summed E-state index contributed by atoms with van der Waals surface area (Å²) in [5.74, 6) is 0.242. The van der Waals surface area contributed by atoms with Crippen molar-refractivity contribution in [2.75, 3.05) is 31.9 Å². The number of hydrogen-bond donors (Lipinski definition) is 2. The van der Waals surface area contributed by atoms with Crippen LogP contribution < -0.4 is 10.0 Å². The molecule has 1 aliphatic heterocycles. The molecule has 1 saturated carbocycles. The molecule has 0 aromatic heterocycles. The lowest BCUT2D eigenvalue weighted by Crippen LogP contribution is -2.41. The molecule has 1 unspecified atom stereocenters. The molecule has 1 aliphatic carbocycles. The first-order chi connectivity index (χ1) is 9.11. The zero-order valence-corrected chi connectivity index (χ0v) is 12.7. The summed E-state index contributed by atoms with van der Waals surface area (Å²) in [4.78, 5) is 2.36. The summed E-state index contributed by atoms with van der Waals surface area (Å²) in [6.07, 6.45) is 5.50. The van der Waals surface area contributed by atoms with E-state index in [2.05, 4.69) is 21.9 Å². The fourth-order valence-electron chi connectivity index (χ4n) is 2.69. The van der Waals surface area contributed by atoms with Crippen molar-refractivity contribution in [1.82, 2.24) is 14.9 Å². The molecule has 0 aromatic carbocycles. The smallest absolute Gasteiger partial charge is 0.211 e. The van der Waals surface area contributed by atoms with Crippen LogP contribution in [0.2, 0.25) is 0 Å². The second kappa shape index (κ2) is 7.02. The SMILES string of the molecule is CCN1CCCC1CNS(=O)(=O)CCCNC1CC1. The first-order valence-corrected chi connectivity index (χ1v) is 9.20. The average molecular weight is 289 g/mol. The normalized spacial score (nSPS) is 25.0. The molecular formula is C13H27N3O2S. The molecule has 0 bridgehead atoms. The minimum absolute atomic E-state index is 0.242. The Balaban J connectivity index is 1.62. The van der Waals surface area contributed by atoms with Crippen LogP contribution in [-0.2, 0) is 10.0 Å². The number of likely N-dealkylation sites (tertiary alicyclic amines) is 1. The fourth-order valence-corrected chi connectivity index (χ4v) is 3.81. The Morgan fingerprint density at radius 1 is 1.26 bits per heavy atom. The van der Waals surface area contributed by atoms with Crippen LogP contribution >= 0.6 is 0 Å². The number of rotatable bonds is 9. The van der Waals surface area contributed by atoms with Crippen LogP contribution in [0.3, 0.4) is 0 Å². The highest BCUT2D eigenvalue weighted by molar-refractivity contribution is 7.89. The number of nitrogens with zero attached hydrogens (tertiary/aromatic N) is 1. The van der Waals surface area contributed by atoms with Gasteiger partial charge in [-0.3, -0.25) is 4.90 Å². The van der Waals surface area contributed by atoms with E-state index in [0.717, 1.165) is 26.1 Å². The minimum atomic E-state index is -3.09. The van der Waals surface area contributed by atoms with Gasteiger partial charge in [-0.25, -0.2) is 13.1 Å². The van der Waals surface area contributed by atoms with Crippen molar-refractivity contribution in [2.45, 2.75) is 51.1 Å². The van der Waals surface area contributed by atoms with Crippen LogP contribution in [0.5, 0.6) is 0 Å². The fraction of sp³-hybridized carbons (Fsp3) is 1.00. The van der Waals surface area contributed by atoms with Crippen molar-refractivity contribution in [1.29, 1.82) is 0 Å². The number of nitrogens with one attached hydrogen (secondary N) is 2. The minimum Gasteiger partial charge on any atom is -0.314 e. The number of sulfonamides is 1. The van der Waals surface area contributed by atoms with Crippen LogP contribution in [0.4, 0.5) is 0 Å². The van der Waals surface area contributed by atoms with E-state index in [0.29, 0.717) is 25.0 Å². The molecular weight excluding hydrogens is 262 g/mol. The van der Waals surface area contributed by atoms with E-state index < -0.39 is 10.0 Å². The summed E-state index contributed by atoms with van der Waals surface area (Å²) < 4.78 is 26.5. The van der Waals surface area contributed by atoms with Gasteiger partial charge >= 0.3 is 0 Å². The average Bonchev–Trinajstić information content (AvgIpc) is 3.09. The summed E-state index contributed by atoms with van der Waals surface area (Å²) in [7, 11) is -3.09. The summed E-state index contributed by atoms with van der Waals surface area (Å²) in [6, 6.07) is 1.05. The highest BCUT2D eigenvalue weighted by atomic mass is 32.2. The van der Waals surface area contributed by atoms with Gasteiger partial charge in [0, 0.05) is 18.6 Å². The topological polar surface area (TPSA) is 61.4 Å². The lowest BCUT2D eigenvalue weighted by molar-refractivity contribution is 0.268. The van der Waals surface area contributed by atoms with Crippen LogP contribution in [-0.4, -0.2) is 57.3 Å². The van der Waals surface area contributed by atoms with Gasteiger partial charge in [0.15, 0.2) is 0 Å².